The van der Waals surface area contributed by atoms with Crippen LogP contribution in [-0.2, 0) is 6.61 Å². The van der Waals surface area contributed by atoms with Crippen molar-refractivity contribution in [2.45, 2.75) is 6.61 Å². The van der Waals surface area contributed by atoms with Gasteiger partial charge in [0.05, 0.1) is 26.4 Å². The molecule has 0 aliphatic heterocycles. The summed E-state index contributed by atoms with van der Waals surface area (Å²) in [4.78, 5) is 8.21. The average molecular weight is 286 g/mol. The van der Waals surface area contributed by atoms with Gasteiger partial charge < -0.3 is 19.0 Å². The molecule has 0 spiro atoms. The third-order valence-electron chi connectivity index (χ3n) is 3.21. The second-order valence-electron chi connectivity index (χ2n) is 4.34. The molecule has 21 heavy (non-hydrogen) atoms. The van der Waals surface area contributed by atoms with Gasteiger partial charge in [0.15, 0.2) is 0 Å². The first-order valence-electron chi connectivity index (χ1n) is 6.35. The van der Waals surface area contributed by atoms with Crippen LogP contribution in [0.5, 0.6) is 11.9 Å². The van der Waals surface area contributed by atoms with Crippen LogP contribution in [-0.4, -0.2) is 29.3 Å². The SMILES string of the molecule is COc1ncc(-c2oc3ccccc3c2CO)c(OC)n1. The summed E-state index contributed by atoms with van der Waals surface area (Å²) in [6.07, 6.45) is 1.56. The second-order valence-corrected chi connectivity index (χ2v) is 4.34. The van der Waals surface area contributed by atoms with E-state index in [1.165, 1.54) is 14.2 Å². The predicted octanol–water partition coefficient (Wildman–Crippen LogP) is 2.40. The van der Waals surface area contributed by atoms with E-state index >= 15 is 0 Å². The van der Waals surface area contributed by atoms with Crippen LogP contribution in [0.1, 0.15) is 5.56 Å². The lowest BCUT2D eigenvalue weighted by Gasteiger charge is -2.07. The smallest absolute Gasteiger partial charge is 0.319 e. The van der Waals surface area contributed by atoms with E-state index in [4.69, 9.17) is 13.9 Å². The molecule has 1 N–H and O–H groups in total. The fraction of sp³-hybridized carbons (Fsp3) is 0.200. The number of hydrogen-bond donors (Lipinski definition) is 1. The van der Waals surface area contributed by atoms with Gasteiger partial charge in [-0.25, -0.2) is 4.98 Å². The summed E-state index contributed by atoms with van der Waals surface area (Å²) in [6.45, 7) is -0.151. The van der Waals surface area contributed by atoms with E-state index in [-0.39, 0.29) is 12.6 Å². The highest BCUT2D eigenvalue weighted by atomic mass is 16.5. The van der Waals surface area contributed by atoms with E-state index in [0.717, 1.165) is 5.39 Å². The van der Waals surface area contributed by atoms with Crippen molar-refractivity contribution in [3.05, 3.63) is 36.0 Å². The Morgan fingerprint density at radius 1 is 1.19 bits per heavy atom. The van der Waals surface area contributed by atoms with Crippen LogP contribution >= 0.6 is 0 Å². The summed E-state index contributed by atoms with van der Waals surface area (Å²) in [6, 6.07) is 7.71. The summed E-state index contributed by atoms with van der Waals surface area (Å²) in [5.41, 5.74) is 1.94. The molecule has 2 aromatic heterocycles. The summed E-state index contributed by atoms with van der Waals surface area (Å²) in [5.74, 6) is 0.828. The van der Waals surface area contributed by atoms with Crippen molar-refractivity contribution in [2.24, 2.45) is 0 Å². The lowest BCUT2D eigenvalue weighted by atomic mass is 10.1. The largest absolute Gasteiger partial charge is 0.480 e. The minimum absolute atomic E-state index is 0.151. The van der Waals surface area contributed by atoms with Crippen molar-refractivity contribution in [1.82, 2.24) is 9.97 Å². The molecule has 0 atom stereocenters. The number of methoxy groups -OCH3 is 2. The number of aliphatic hydroxyl groups is 1. The molecule has 108 valence electrons. The zero-order valence-electron chi connectivity index (χ0n) is 11.7. The van der Waals surface area contributed by atoms with Crippen molar-refractivity contribution >= 4 is 11.0 Å². The first-order valence-corrected chi connectivity index (χ1v) is 6.35. The minimum Gasteiger partial charge on any atom is -0.480 e. The topological polar surface area (TPSA) is 77.6 Å². The van der Waals surface area contributed by atoms with Gasteiger partial charge in [0.2, 0.25) is 5.88 Å². The molecule has 0 saturated carbocycles. The Morgan fingerprint density at radius 2 is 2.00 bits per heavy atom. The highest BCUT2D eigenvalue weighted by Gasteiger charge is 2.20. The number of rotatable bonds is 4. The monoisotopic (exact) mass is 286 g/mol. The quantitative estimate of drug-likeness (QED) is 0.793. The van der Waals surface area contributed by atoms with Gasteiger partial charge in [0.1, 0.15) is 11.3 Å². The Bertz CT molecular complexity index is 782. The van der Waals surface area contributed by atoms with Crippen LogP contribution in [0.25, 0.3) is 22.3 Å². The maximum Gasteiger partial charge on any atom is 0.319 e. The van der Waals surface area contributed by atoms with Gasteiger partial charge in [0, 0.05) is 17.1 Å². The number of ether oxygens (including phenoxy) is 2. The Morgan fingerprint density at radius 3 is 2.71 bits per heavy atom. The Labute approximate surface area is 121 Å². The number of fused-ring (bicyclic) bond motifs is 1. The second kappa shape index (κ2) is 5.41. The highest BCUT2D eigenvalue weighted by Crippen LogP contribution is 2.37. The normalized spacial score (nSPS) is 10.8. The zero-order valence-corrected chi connectivity index (χ0v) is 11.7. The third kappa shape index (κ3) is 2.19. The van der Waals surface area contributed by atoms with Gasteiger partial charge in [0.25, 0.3) is 0 Å². The van der Waals surface area contributed by atoms with E-state index in [1.54, 1.807) is 6.20 Å². The van der Waals surface area contributed by atoms with Crippen molar-refractivity contribution in [2.75, 3.05) is 14.2 Å². The fourth-order valence-corrected chi connectivity index (χ4v) is 2.23. The zero-order chi connectivity index (χ0) is 14.8. The van der Waals surface area contributed by atoms with Gasteiger partial charge in [-0.3, -0.25) is 0 Å². The average Bonchev–Trinajstić information content (AvgIpc) is 2.92. The molecule has 3 rings (SSSR count). The number of nitrogens with zero attached hydrogens (tertiary/aromatic N) is 2. The molecule has 0 amide bonds. The molecule has 0 bridgehead atoms. The van der Waals surface area contributed by atoms with Crippen LogP contribution < -0.4 is 9.47 Å². The van der Waals surface area contributed by atoms with Crippen LogP contribution in [0.4, 0.5) is 0 Å². The molecule has 0 aliphatic carbocycles. The molecule has 0 radical (unpaired) electrons. The lowest BCUT2D eigenvalue weighted by Crippen LogP contribution is -1.98. The highest BCUT2D eigenvalue weighted by molar-refractivity contribution is 5.88. The molecule has 6 heteroatoms. The van der Waals surface area contributed by atoms with Gasteiger partial charge in [-0.2, -0.15) is 4.98 Å². The van der Waals surface area contributed by atoms with Crippen LogP contribution in [0.3, 0.4) is 0 Å². The molecule has 0 aliphatic rings. The molecular formula is C15H14N2O4. The first kappa shape index (κ1) is 13.4. The molecule has 6 nitrogen and oxygen atoms in total. The number of aliphatic hydroxyl groups excluding tert-OH is 1. The molecule has 0 saturated heterocycles. The van der Waals surface area contributed by atoms with Gasteiger partial charge in [-0.05, 0) is 6.07 Å². The number of furan rings is 1. The van der Waals surface area contributed by atoms with Crippen molar-refractivity contribution in [3.8, 4) is 23.2 Å². The van der Waals surface area contributed by atoms with Crippen molar-refractivity contribution in [1.29, 1.82) is 0 Å². The van der Waals surface area contributed by atoms with E-state index in [2.05, 4.69) is 9.97 Å². The van der Waals surface area contributed by atoms with E-state index in [1.807, 2.05) is 24.3 Å². The third-order valence-corrected chi connectivity index (χ3v) is 3.21. The predicted molar refractivity (Wildman–Crippen MR) is 76.3 cm³/mol. The maximum absolute atomic E-state index is 9.66. The maximum atomic E-state index is 9.66. The fourth-order valence-electron chi connectivity index (χ4n) is 2.23. The number of benzene rings is 1. The number of hydrogen-bond acceptors (Lipinski definition) is 6. The van der Waals surface area contributed by atoms with Crippen molar-refractivity contribution in [3.63, 3.8) is 0 Å². The molecule has 1 aromatic carbocycles. The van der Waals surface area contributed by atoms with E-state index < -0.39 is 0 Å². The van der Waals surface area contributed by atoms with E-state index in [9.17, 15) is 5.11 Å². The van der Waals surface area contributed by atoms with Crippen LogP contribution in [0, 0.1) is 0 Å². The van der Waals surface area contributed by atoms with Crippen molar-refractivity contribution < 1.29 is 19.0 Å². The van der Waals surface area contributed by atoms with Crippen LogP contribution in [0.2, 0.25) is 0 Å². The van der Waals surface area contributed by atoms with E-state index in [0.29, 0.717) is 28.4 Å². The molecule has 3 aromatic rings. The Balaban J connectivity index is 2.24. The summed E-state index contributed by atoms with van der Waals surface area (Å²) >= 11 is 0. The molecule has 0 fully saturated rings. The lowest BCUT2D eigenvalue weighted by molar-refractivity contribution is 0.282. The minimum atomic E-state index is -0.151. The number of aromatic nitrogens is 2. The molecule has 2 heterocycles. The standard InChI is InChI=1S/C15H14N2O4/c1-19-14-10(7-16-15(17-14)20-2)13-11(8-18)9-5-3-4-6-12(9)21-13/h3-7,18H,8H2,1-2H3. The Kier molecular flexibility index (Phi) is 3.45. The van der Waals surface area contributed by atoms with Gasteiger partial charge >= 0.3 is 6.01 Å². The van der Waals surface area contributed by atoms with Gasteiger partial charge in [-0.1, -0.05) is 18.2 Å². The summed E-state index contributed by atoms with van der Waals surface area (Å²) in [5, 5.41) is 10.5. The molecule has 0 unspecified atom stereocenters. The Hall–Kier alpha value is -2.60. The summed E-state index contributed by atoms with van der Waals surface area (Å²) < 4.78 is 16.1. The summed E-state index contributed by atoms with van der Waals surface area (Å²) in [7, 11) is 2.99. The van der Waals surface area contributed by atoms with Crippen LogP contribution in [0.15, 0.2) is 34.9 Å². The first-order chi connectivity index (χ1) is 10.3. The number of para-hydroxylation sites is 1. The molecular weight excluding hydrogens is 272 g/mol. The van der Waals surface area contributed by atoms with Gasteiger partial charge in [-0.15, -0.1) is 0 Å².